The number of amidine groups is 1. The van der Waals surface area contributed by atoms with E-state index in [1.54, 1.807) is 21.4 Å². The van der Waals surface area contributed by atoms with Crippen molar-refractivity contribution >= 4 is 29.6 Å². The average Bonchev–Trinajstić information content (AvgIpc) is 3.24. The first kappa shape index (κ1) is 21.3. The SMILES string of the molecule is Cc1nn(C2=[N+](Cc3ccc(F)cc3)C3C(=O)N(CC(N)=O)C(=O)N(C)C3=N2)c(C)c1C. The summed E-state index contributed by atoms with van der Waals surface area (Å²) in [6, 6.07) is 4.23. The van der Waals surface area contributed by atoms with Crippen molar-refractivity contribution in [2.75, 3.05) is 13.6 Å². The Bertz CT molecular complexity index is 1210. The van der Waals surface area contributed by atoms with Crippen molar-refractivity contribution in [1.82, 2.24) is 19.6 Å². The highest BCUT2D eigenvalue weighted by atomic mass is 19.1. The van der Waals surface area contributed by atoms with Crippen LogP contribution in [0.4, 0.5) is 9.18 Å². The molecule has 1 atom stereocenters. The van der Waals surface area contributed by atoms with Gasteiger partial charge in [-0.2, -0.15) is 0 Å². The Balaban J connectivity index is 1.88. The van der Waals surface area contributed by atoms with Gasteiger partial charge in [-0.05, 0) is 38.5 Å². The van der Waals surface area contributed by atoms with Gasteiger partial charge in [0.2, 0.25) is 17.8 Å². The first-order valence-corrected chi connectivity index (χ1v) is 9.97. The molecule has 2 aliphatic rings. The van der Waals surface area contributed by atoms with E-state index in [2.05, 4.69) is 10.1 Å². The van der Waals surface area contributed by atoms with E-state index in [4.69, 9.17) is 5.73 Å². The first-order chi connectivity index (χ1) is 15.1. The topological polar surface area (TPSA) is 117 Å². The van der Waals surface area contributed by atoms with Crippen LogP contribution in [0.15, 0.2) is 29.3 Å². The summed E-state index contributed by atoms with van der Waals surface area (Å²) in [5, 5.41) is 4.56. The molecule has 1 unspecified atom stereocenters. The summed E-state index contributed by atoms with van der Waals surface area (Å²) < 4.78 is 16.8. The zero-order chi connectivity index (χ0) is 23.3. The van der Waals surface area contributed by atoms with Gasteiger partial charge >= 0.3 is 12.0 Å². The number of primary amides is 1. The highest BCUT2D eigenvalue weighted by Crippen LogP contribution is 2.23. The molecule has 1 aromatic carbocycles. The molecule has 3 heterocycles. The Morgan fingerprint density at radius 3 is 2.41 bits per heavy atom. The molecule has 11 heteroatoms. The van der Waals surface area contributed by atoms with Crippen LogP contribution in [-0.4, -0.2) is 73.4 Å². The fourth-order valence-corrected chi connectivity index (χ4v) is 3.84. The van der Waals surface area contributed by atoms with Gasteiger partial charge in [0.25, 0.3) is 5.91 Å². The van der Waals surface area contributed by atoms with Gasteiger partial charge in [-0.15, -0.1) is 9.78 Å². The number of rotatable bonds is 4. The average molecular weight is 440 g/mol. The number of benzene rings is 1. The van der Waals surface area contributed by atoms with Gasteiger partial charge in [-0.25, -0.2) is 13.8 Å². The molecule has 0 aliphatic carbocycles. The number of likely N-dealkylation sites (N-methyl/N-ethyl adjacent to an activating group) is 1. The van der Waals surface area contributed by atoms with Crippen LogP contribution in [0, 0.1) is 26.6 Å². The molecule has 2 aliphatic heterocycles. The molecule has 32 heavy (non-hydrogen) atoms. The molecular formula is C21H23FN7O3+. The van der Waals surface area contributed by atoms with E-state index >= 15 is 0 Å². The van der Waals surface area contributed by atoms with E-state index in [-0.39, 0.29) is 18.2 Å². The van der Waals surface area contributed by atoms with E-state index in [1.807, 2.05) is 20.8 Å². The van der Waals surface area contributed by atoms with Crippen molar-refractivity contribution < 1.29 is 23.3 Å². The summed E-state index contributed by atoms with van der Waals surface area (Å²) in [5.74, 6) is -1.21. The molecule has 10 nitrogen and oxygen atoms in total. The molecule has 4 rings (SSSR count). The smallest absolute Gasteiger partial charge is 0.368 e. The van der Waals surface area contributed by atoms with E-state index in [1.165, 1.54) is 24.1 Å². The second-order valence-corrected chi connectivity index (χ2v) is 7.87. The lowest BCUT2D eigenvalue weighted by molar-refractivity contribution is -0.553. The van der Waals surface area contributed by atoms with E-state index in [0.717, 1.165) is 27.4 Å². The third-order valence-corrected chi connectivity index (χ3v) is 5.81. The fraction of sp³-hybridized carbons (Fsp3) is 0.333. The van der Waals surface area contributed by atoms with Crippen LogP contribution < -0.4 is 5.73 Å². The second kappa shape index (κ2) is 7.66. The number of aryl methyl sites for hydroxylation is 1. The zero-order valence-electron chi connectivity index (χ0n) is 18.2. The van der Waals surface area contributed by atoms with Gasteiger partial charge in [0, 0.05) is 12.6 Å². The summed E-state index contributed by atoms with van der Waals surface area (Å²) in [6.07, 6.45) is 0. The molecule has 166 valence electrons. The Morgan fingerprint density at radius 2 is 1.84 bits per heavy atom. The van der Waals surface area contributed by atoms with Gasteiger partial charge in [-0.1, -0.05) is 17.1 Å². The van der Waals surface area contributed by atoms with Crippen LogP contribution in [0.1, 0.15) is 22.5 Å². The number of urea groups is 1. The molecule has 0 bridgehead atoms. The third kappa shape index (κ3) is 3.35. The maximum Gasteiger partial charge on any atom is 0.421 e. The Morgan fingerprint density at radius 1 is 1.19 bits per heavy atom. The molecule has 0 radical (unpaired) electrons. The van der Waals surface area contributed by atoms with Gasteiger partial charge in [-0.3, -0.25) is 19.4 Å². The highest BCUT2D eigenvalue weighted by molar-refractivity contribution is 6.23. The number of aliphatic imine (C=N–C) groups is 1. The molecule has 0 spiro atoms. The molecule has 1 saturated heterocycles. The normalized spacial score (nSPS) is 18.4. The van der Waals surface area contributed by atoms with Crippen molar-refractivity contribution in [3.05, 3.63) is 52.6 Å². The minimum absolute atomic E-state index is 0.197. The minimum atomic E-state index is -0.971. The van der Waals surface area contributed by atoms with Crippen molar-refractivity contribution in [3.63, 3.8) is 0 Å². The van der Waals surface area contributed by atoms with Crippen molar-refractivity contribution in [3.8, 4) is 0 Å². The maximum absolute atomic E-state index is 13.4. The summed E-state index contributed by atoms with van der Waals surface area (Å²) in [5.41, 5.74) is 8.60. The van der Waals surface area contributed by atoms with E-state index in [0.29, 0.717) is 5.96 Å². The summed E-state index contributed by atoms with van der Waals surface area (Å²) in [4.78, 5) is 44.2. The summed E-state index contributed by atoms with van der Waals surface area (Å²) in [7, 11) is 1.49. The van der Waals surface area contributed by atoms with Crippen LogP contribution in [0.25, 0.3) is 0 Å². The van der Waals surface area contributed by atoms with Crippen molar-refractivity contribution in [2.24, 2.45) is 10.7 Å². The molecule has 1 fully saturated rings. The molecule has 0 saturated carbocycles. The predicted octanol–water partition coefficient (Wildman–Crippen LogP) is 0.524. The van der Waals surface area contributed by atoms with Crippen LogP contribution in [-0.2, 0) is 16.1 Å². The van der Waals surface area contributed by atoms with Gasteiger partial charge in [0.1, 0.15) is 18.1 Å². The largest absolute Gasteiger partial charge is 0.421 e. The number of nitrogens with zero attached hydrogens (tertiary/aromatic N) is 6. The number of aromatic nitrogens is 2. The lowest BCUT2D eigenvalue weighted by Crippen LogP contribution is -2.63. The quantitative estimate of drug-likeness (QED) is 0.698. The van der Waals surface area contributed by atoms with E-state index < -0.39 is 30.4 Å². The number of nitrogens with two attached hydrogens (primary N) is 1. The molecular weight excluding hydrogens is 417 g/mol. The molecule has 4 amide bonds. The summed E-state index contributed by atoms with van der Waals surface area (Å²) >= 11 is 0. The first-order valence-electron chi connectivity index (χ1n) is 9.97. The van der Waals surface area contributed by atoms with Gasteiger partial charge < -0.3 is 5.73 Å². The second-order valence-electron chi connectivity index (χ2n) is 7.87. The highest BCUT2D eigenvalue weighted by Gasteiger charge is 2.53. The number of imide groups is 1. The third-order valence-electron chi connectivity index (χ3n) is 5.81. The number of fused-ring (bicyclic) bond motifs is 1. The number of carbonyl (C=O) groups excluding carboxylic acids is 3. The fourth-order valence-electron chi connectivity index (χ4n) is 3.84. The van der Waals surface area contributed by atoms with Crippen LogP contribution in [0.3, 0.4) is 0 Å². The van der Waals surface area contributed by atoms with Gasteiger partial charge in [0.15, 0.2) is 0 Å². The Kier molecular flexibility index (Phi) is 5.11. The summed E-state index contributed by atoms with van der Waals surface area (Å²) in [6.45, 7) is 5.35. The Labute approximate surface area is 183 Å². The predicted molar refractivity (Wildman–Crippen MR) is 112 cm³/mol. The Hall–Kier alpha value is -3.89. The zero-order valence-corrected chi connectivity index (χ0v) is 18.2. The molecule has 2 aromatic rings. The van der Waals surface area contributed by atoms with Crippen molar-refractivity contribution in [1.29, 1.82) is 0 Å². The molecule has 2 N–H and O–H groups in total. The number of halogens is 1. The van der Waals surface area contributed by atoms with Crippen LogP contribution in [0.5, 0.6) is 0 Å². The van der Waals surface area contributed by atoms with Crippen LogP contribution >= 0.6 is 0 Å². The minimum Gasteiger partial charge on any atom is -0.368 e. The lowest BCUT2D eigenvalue weighted by atomic mass is 10.1. The number of amides is 4. The number of carbonyl (C=O) groups is 3. The number of hydrogen-bond donors (Lipinski definition) is 1. The standard InChI is InChI=1S/C21H22FN7O3/c1-11-12(2)25-29(13(11)3)20-24-18-17(27(20)9-14-5-7-15(22)8-6-14)19(31)28(10-16(23)30)21(32)26(18)4/h5-8,17H,9-10H2,1-4H3,(H-,23,30)/p+1. The number of hydrogen-bond acceptors (Lipinski definition) is 5. The van der Waals surface area contributed by atoms with Crippen LogP contribution in [0.2, 0.25) is 0 Å². The van der Waals surface area contributed by atoms with Gasteiger partial charge in [0.05, 0.1) is 12.2 Å². The van der Waals surface area contributed by atoms with E-state index in [9.17, 15) is 18.8 Å². The lowest BCUT2D eigenvalue weighted by Gasteiger charge is -2.33. The molecule has 1 aromatic heterocycles. The van der Waals surface area contributed by atoms with Crippen molar-refractivity contribution in [2.45, 2.75) is 33.4 Å². The maximum atomic E-state index is 13.4. The monoisotopic (exact) mass is 440 g/mol.